The molecule has 0 spiro atoms. The van der Waals surface area contributed by atoms with E-state index >= 15 is 0 Å². The third kappa shape index (κ3) is 1.81. The zero-order chi connectivity index (χ0) is 10.0. The monoisotopic (exact) mass is 191 g/mol. The Bertz CT molecular complexity index is 316. The number of hydrogen-bond donors (Lipinski definition) is 1. The van der Waals surface area contributed by atoms with Gasteiger partial charge in [-0.05, 0) is 19.4 Å². The molecule has 0 amide bonds. The minimum atomic E-state index is -0.00965. The Kier molecular flexibility index (Phi) is 2.57. The molecule has 0 aromatic heterocycles. The van der Waals surface area contributed by atoms with E-state index in [1.165, 1.54) is 11.1 Å². The van der Waals surface area contributed by atoms with Crippen molar-refractivity contribution in [2.75, 3.05) is 19.8 Å². The van der Waals surface area contributed by atoms with Crippen LogP contribution in [-0.4, -0.2) is 19.8 Å². The van der Waals surface area contributed by atoms with E-state index in [1.54, 1.807) is 0 Å². The van der Waals surface area contributed by atoms with Crippen LogP contribution >= 0.6 is 0 Å². The second-order valence-electron chi connectivity index (χ2n) is 4.18. The Morgan fingerprint density at radius 3 is 2.93 bits per heavy atom. The van der Waals surface area contributed by atoms with Crippen LogP contribution in [0.15, 0.2) is 24.3 Å². The van der Waals surface area contributed by atoms with Crippen molar-refractivity contribution in [2.45, 2.75) is 19.4 Å². The van der Waals surface area contributed by atoms with Gasteiger partial charge in [0.1, 0.15) is 0 Å². The molecule has 1 aromatic rings. The summed E-state index contributed by atoms with van der Waals surface area (Å²) in [5.41, 5.74) is 2.61. The molecule has 0 bridgehead atoms. The molecular weight excluding hydrogens is 174 g/mol. The lowest BCUT2D eigenvalue weighted by molar-refractivity contribution is 0.0339. The van der Waals surface area contributed by atoms with Crippen LogP contribution in [0.25, 0.3) is 0 Å². The molecule has 2 rings (SSSR count). The molecule has 2 heteroatoms. The van der Waals surface area contributed by atoms with Gasteiger partial charge in [-0.15, -0.1) is 0 Å². The van der Waals surface area contributed by atoms with Gasteiger partial charge < -0.3 is 10.1 Å². The first-order chi connectivity index (χ1) is 6.71. The Morgan fingerprint density at radius 1 is 1.43 bits per heavy atom. The molecule has 0 aliphatic carbocycles. The third-order valence-corrected chi connectivity index (χ3v) is 2.81. The molecule has 1 heterocycles. The molecule has 1 aliphatic rings. The smallest absolute Gasteiger partial charge is 0.0688 e. The van der Waals surface area contributed by atoms with Crippen molar-refractivity contribution in [3.8, 4) is 0 Å². The van der Waals surface area contributed by atoms with Crippen molar-refractivity contribution in [2.24, 2.45) is 0 Å². The lowest BCUT2D eigenvalue weighted by atomic mass is 9.91. The SMILES string of the molecule is Cc1cccc(C2(C)COCCN2)c1. The summed E-state index contributed by atoms with van der Waals surface area (Å²) in [6.07, 6.45) is 0. The van der Waals surface area contributed by atoms with Gasteiger partial charge >= 0.3 is 0 Å². The van der Waals surface area contributed by atoms with Crippen molar-refractivity contribution >= 4 is 0 Å². The Labute approximate surface area is 85.3 Å². The van der Waals surface area contributed by atoms with E-state index in [1.807, 2.05) is 0 Å². The molecule has 1 aromatic carbocycles. The van der Waals surface area contributed by atoms with Crippen molar-refractivity contribution in [1.29, 1.82) is 0 Å². The van der Waals surface area contributed by atoms with E-state index < -0.39 is 0 Å². The number of hydrogen-bond acceptors (Lipinski definition) is 2. The van der Waals surface area contributed by atoms with Gasteiger partial charge in [-0.1, -0.05) is 29.8 Å². The first kappa shape index (κ1) is 9.69. The molecule has 1 saturated heterocycles. The van der Waals surface area contributed by atoms with Crippen LogP contribution < -0.4 is 5.32 Å². The fourth-order valence-corrected chi connectivity index (χ4v) is 1.90. The second kappa shape index (κ2) is 3.71. The zero-order valence-electron chi connectivity index (χ0n) is 8.84. The molecule has 1 fully saturated rings. The normalized spacial score (nSPS) is 27.6. The summed E-state index contributed by atoms with van der Waals surface area (Å²) in [5, 5.41) is 3.51. The lowest BCUT2D eigenvalue weighted by Crippen LogP contribution is -2.49. The summed E-state index contributed by atoms with van der Waals surface area (Å²) in [5.74, 6) is 0. The molecule has 2 nitrogen and oxygen atoms in total. The van der Waals surface area contributed by atoms with Crippen LogP contribution in [0.2, 0.25) is 0 Å². The standard InChI is InChI=1S/C12H17NO/c1-10-4-3-5-11(8-10)12(2)9-14-7-6-13-12/h3-5,8,13H,6-7,9H2,1-2H3. The van der Waals surface area contributed by atoms with Crippen molar-refractivity contribution in [1.82, 2.24) is 5.32 Å². The van der Waals surface area contributed by atoms with Gasteiger partial charge in [-0.25, -0.2) is 0 Å². The van der Waals surface area contributed by atoms with Gasteiger partial charge in [0.2, 0.25) is 0 Å². The quantitative estimate of drug-likeness (QED) is 0.731. The highest BCUT2D eigenvalue weighted by molar-refractivity contribution is 5.28. The molecule has 1 atom stereocenters. The summed E-state index contributed by atoms with van der Waals surface area (Å²) in [4.78, 5) is 0. The van der Waals surface area contributed by atoms with E-state index in [4.69, 9.17) is 4.74 Å². The Morgan fingerprint density at radius 2 is 2.29 bits per heavy atom. The average Bonchev–Trinajstić information content (AvgIpc) is 2.19. The number of ether oxygens (including phenoxy) is 1. The van der Waals surface area contributed by atoms with E-state index in [0.717, 1.165) is 19.8 Å². The van der Waals surface area contributed by atoms with Gasteiger partial charge in [0.15, 0.2) is 0 Å². The van der Waals surface area contributed by atoms with E-state index in [2.05, 4.69) is 43.4 Å². The van der Waals surface area contributed by atoms with E-state index in [0.29, 0.717) is 0 Å². The van der Waals surface area contributed by atoms with E-state index in [9.17, 15) is 0 Å². The predicted octanol–water partition coefficient (Wildman–Crippen LogP) is 1.83. The summed E-state index contributed by atoms with van der Waals surface area (Å²) in [6.45, 7) is 6.83. The highest BCUT2D eigenvalue weighted by Crippen LogP contribution is 2.23. The maximum absolute atomic E-state index is 5.52. The van der Waals surface area contributed by atoms with Crippen molar-refractivity contribution in [3.63, 3.8) is 0 Å². The average molecular weight is 191 g/mol. The topological polar surface area (TPSA) is 21.3 Å². The highest BCUT2D eigenvalue weighted by Gasteiger charge is 2.28. The van der Waals surface area contributed by atoms with Gasteiger partial charge in [0.05, 0.1) is 18.8 Å². The molecule has 0 saturated carbocycles. The highest BCUT2D eigenvalue weighted by atomic mass is 16.5. The van der Waals surface area contributed by atoms with Crippen molar-refractivity contribution in [3.05, 3.63) is 35.4 Å². The number of morpholine rings is 1. The minimum Gasteiger partial charge on any atom is -0.378 e. The zero-order valence-corrected chi connectivity index (χ0v) is 8.84. The Hall–Kier alpha value is -0.860. The van der Waals surface area contributed by atoms with Gasteiger partial charge in [-0.3, -0.25) is 0 Å². The summed E-state index contributed by atoms with van der Waals surface area (Å²) in [6, 6.07) is 8.61. The van der Waals surface area contributed by atoms with E-state index in [-0.39, 0.29) is 5.54 Å². The first-order valence-corrected chi connectivity index (χ1v) is 5.11. The molecular formula is C12H17NO. The predicted molar refractivity (Wildman–Crippen MR) is 57.4 cm³/mol. The van der Waals surface area contributed by atoms with Crippen LogP contribution in [0.1, 0.15) is 18.1 Å². The fourth-order valence-electron chi connectivity index (χ4n) is 1.90. The van der Waals surface area contributed by atoms with Gasteiger partial charge in [-0.2, -0.15) is 0 Å². The third-order valence-electron chi connectivity index (χ3n) is 2.81. The lowest BCUT2D eigenvalue weighted by Gasteiger charge is -2.35. The molecule has 1 N–H and O–H groups in total. The van der Waals surface area contributed by atoms with Crippen LogP contribution in [0.3, 0.4) is 0 Å². The number of aryl methyl sites for hydroxylation is 1. The largest absolute Gasteiger partial charge is 0.378 e. The second-order valence-corrected chi connectivity index (χ2v) is 4.18. The summed E-state index contributed by atoms with van der Waals surface area (Å²) < 4.78 is 5.52. The molecule has 1 unspecified atom stereocenters. The fraction of sp³-hybridized carbons (Fsp3) is 0.500. The van der Waals surface area contributed by atoms with Crippen molar-refractivity contribution < 1.29 is 4.74 Å². The molecule has 1 aliphatic heterocycles. The van der Waals surface area contributed by atoms with Crippen LogP contribution in [0.4, 0.5) is 0 Å². The maximum Gasteiger partial charge on any atom is 0.0688 e. The minimum absolute atomic E-state index is 0.00965. The Balaban J connectivity index is 2.28. The number of nitrogens with one attached hydrogen (secondary N) is 1. The summed E-state index contributed by atoms with van der Waals surface area (Å²) >= 11 is 0. The van der Waals surface area contributed by atoms with Gasteiger partial charge in [0, 0.05) is 6.54 Å². The molecule has 0 radical (unpaired) electrons. The first-order valence-electron chi connectivity index (χ1n) is 5.11. The van der Waals surface area contributed by atoms with Crippen LogP contribution in [0, 0.1) is 6.92 Å². The molecule has 14 heavy (non-hydrogen) atoms. The summed E-state index contributed by atoms with van der Waals surface area (Å²) in [7, 11) is 0. The van der Waals surface area contributed by atoms with Crippen LogP contribution in [0.5, 0.6) is 0 Å². The maximum atomic E-state index is 5.52. The number of rotatable bonds is 1. The van der Waals surface area contributed by atoms with Gasteiger partial charge in [0.25, 0.3) is 0 Å². The number of benzene rings is 1. The van der Waals surface area contributed by atoms with Crippen LogP contribution in [-0.2, 0) is 10.3 Å². The molecule has 76 valence electrons.